The van der Waals surface area contributed by atoms with Crippen molar-refractivity contribution in [3.05, 3.63) is 22.7 Å². The van der Waals surface area contributed by atoms with Crippen molar-refractivity contribution in [3.63, 3.8) is 0 Å². The summed E-state index contributed by atoms with van der Waals surface area (Å²) in [5, 5.41) is 0. The van der Waals surface area contributed by atoms with Crippen LogP contribution in [0.25, 0.3) is 5.65 Å². The third kappa shape index (κ3) is 5.16. The van der Waals surface area contributed by atoms with Crippen molar-refractivity contribution in [1.82, 2.24) is 24.2 Å². The molecule has 2 saturated heterocycles. The minimum Gasteiger partial charge on any atom is -0.453 e. The van der Waals surface area contributed by atoms with E-state index in [9.17, 15) is 9.59 Å². The summed E-state index contributed by atoms with van der Waals surface area (Å²) >= 11 is 3.51. The van der Waals surface area contributed by atoms with Gasteiger partial charge in [-0.05, 0) is 22.9 Å². The molecule has 10 nitrogen and oxygen atoms in total. The lowest BCUT2D eigenvalue weighted by Crippen LogP contribution is -2.51. The van der Waals surface area contributed by atoms with Crippen molar-refractivity contribution < 1.29 is 19.1 Å². The monoisotopic (exact) mass is 494 g/mol. The lowest BCUT2D eigenvalue weighted by atomic mass is 10.2. The molecule has 0 N–H and O–H groups in total. The molecule has 2 fully saturated rings. The van der Waals surface area contributed by atoms with Crippen LogP contribution in [-0.2, 0) is 25.6 Å². The molecule has 4 heterocycles. The number of esters is 1. The quantitative estimate of drug-likeness (QED) is 0.566. The number of piperazine rings is 1. The normalized spacial score (nSPS) is 18.9. The Morgan fingerprint density at radius 3 is 2.52 bits per heavy atom. The average molecular weight is 495 g/mol. The van der Waals surface area contributed by atoms with Crippen LogP contribution in [-0.4, -0.2) is 94.6 Å². The zero-order valence-corrected chi connectivity index (χ0v) is 19.4. The smallest absolute Gasteiger partial charge is 0.303 e. The minimum absolute atomic E-state index is 0.145. The topological polar surface area (TPSA) is 92.5 Å². The van der Waals surface area contributed by atoms with E-state index < -0.39 is 12.1 Å². The number of carbonyl (C=O) groups excluding carboxylic acids is 2. The van der Waals surface area contributed by atoms with Gasteiger partial charge in [-0.25, -0.2) is 9.97 Å². The van der Waals surface area contributed by atoms with Gasteiger partial charge in [0.05, 0.1) is 18.9 Å². The summed E-state index contributed by atoms with van der Waals surface area (Å²) < 4.78 is 13.2. The second-order valence-electron chi connectivity index (χ2n) is 7.80. The molecule has 31 heavy (non-hydrogen) atoms. The molecular weight excluding hydrogens is 468 g/mol. The van der Waals surface area contributed by atoms with Crippen molar-refractivity contribution in [3.8, 4) is 0 Å². The second-order valence-corrected chi connectivity index (χ2v) is 8.62. The summed E-state index contributed by atoms with van der Waals surface area (Å²) in [6, 6.07) is 0. The van der Waals surface area contributed by atoms with Gasteiger partial charge >= 0.3 is 5.97 Å². The van der Waals surface area contributed by atoms with Gasteiger partial charge in [-0.3, -0.25) is 14.5 Å². The number of carbonyl (C=O) groups is 2. The van der Waals surface area contributed by atoms with Gasteiger partial charge in [0, 0.05) is 65.1 Å². The average Bonchev–Trinajstić information content (AvgIpc) is 3.15. The number of fused-ring (bicyclic) bond motifs is 1. The van der Waals surface area contributed by atoms with Crippen molar-refractivity contribution in [2.45, 2.75) is 26.5 Å². The van der Waals surface area contributed by atoms with Crippen molar-refractivity contribution in [2.75, 3.05) is 57.4 Å². The summed E-state index contributed by atoms with van der Waals surface area (Å²) in [7, 11) is 0. The van der Waals surface area contributed by atoms with Crippen LogP contribution in [0.3, 0.4) is 0 Å². The number of halogens is 1. The van der Waals surface area contributed by atoms with E-state index in [-0.39, 0.29) is 5.91 Å². The van der Waals surface area contributed by atoms with Crippen LogP contribution < -0.4 is 4.90 Å². The first-order chi connectivity index (χ1) is 14.9. The van der Waals surface area contributed by atoms with Crippen LogP contribution in [0.1, 0.15) is 19.5 Å². The molecular formula is C20H27BrN6O4. The molecule has 0 aliphatic carbocycles. The number of anilines is 1. The molecule has 0 saturated carbocycles. The van der Waals surface area contributed by atoms with Gasteiger partial charge < -0.3 is 23.7 Å². The molecule has 0 bridgehead atoms. The summed E-state index contributed by atoms with van der Waals surface area (Å²) in [4.78, 5) is 39.3. The number of imidazole rings is 1. The Kier molecular flexibility index (Phi) is 6.73. The van der Waals surface area contributed by atoms with Gasteiger partial charge in [-0.15, -0.1) is 0 Å². The molecule has 1 atom stereocenters. The molecule has 11 heteroatoms. The SMILES string of the molecule is CC(=O)O[C@H](C)C(=O)N1CCN(Cc2cn3cc(Br)nc(N4CCOCC4)c3n2)CC1. The summed E-state index contributed by atoms with van der Waals surface area (Å²) in [6.07, 6.45) is 3.21. The Labute approximate surface area is 189 Å². The van der Waals surface area contributed by atoms with Crippen molar-refractivity contribution in [1.29, 1.82) is 0 Å². The Bertz CT molecular complexity index is 953. The van der Waals surface area contributed by atoms with E-state index in [1.807, 2.05) is 16.8 Å². The molecule has 1 amide bonds. The number of hydrogen-bond donors (Lipinski definition) is 0. The summed E-state index contributed by atoms with van der Waals surface area (Å²) in [5.74, 6) is 0.274. The number of amides is 1. The molecule has 2 aliphatic heterocycles. The molecule has 0 aromatic carbocycles. The highest BCUT2D eigenvalue weighted by molar-refractivity contribution is 9.10. The lowest BCUT2D eigenvalue weighted by molar-refractivity contribution is -0.158. The first-order valence-electron chi connectivity index (χ1n) is 10.5. The zero-order chi connectivity index (χ0) is 22.0. The Morgan fingerprint density at radius 2 is 1.84 bits per heavy atom. The van der Waals surface area contributed by atoms with Crippen LogP contribution in [0.5, 0.6) is 0 Å². The van der Waals surface area contributed by atoms with E-state index in [2.05, 4.69) is 30.7 Å². The molecule has 0 spiro atoms. The molecule has 4 rings (SSSR count). The molecule has 2 aromatic heterocycles. The van der Waals surface area contributed by atoms with E-state index in [1.165, 1.54) is 6.92 Å². The van der Waals surface area contributed by atoms with Crippen LogP contribution in [0, 0.1) is 0 Å². The highest BCUT2D eigenvalue weighted by atomic mass is 79.9. The highest BCUT2D eigenvalue weighted by Gasteiger charge is 2.27. The first kappa shape index (κ1) is 22.0. The standard InChI is InChI=1S/C20H27BrN6O4/c1-14(31-15(2)28)20(29)26-5-3-24(4-6-26)11-16-12-27-13-17(21)23-19(18(27)22-16)25-7-9-30-10-8-25/h12-14H,3-11H2,1-2H3/t14-/m1/s1. The molecule has 2 aliphatic rings. The number of hydrogen-bond acceptors (Lipinski definition) is 8. The summed E-state index contributed by atoms with van der Waals surface area (Å²) in [6.45, 7) is 9.28. The third-order valence-electron chi connectivity index (χ3n) is 5.51. The fourth-order valence-electron chi connectivity index (χ4n) is 3.98. The maximum absolute atomic E-state index is 12.4. The maximum atomic E-state index is 12.4. The van der Waals surface area contributed by atoms with E-state index in [1.54, 1.807) is 11.8 Å². The molecule has 0 radical (unpaired) electrons. The molecule has 0 unspecified atom stereocenters. The third-order valence-corrected chi connectivity index (χ3v) is 5.89. The van der Waals surface area contributed by atoms with Gasteiger partial charge in [-0.1, -0.05) is 0 Å². The zero-order valence-electron chi connectivity index (χ0n) is 17.8. The number of aromatic nitrogens is 3. The largest absolute Gasteiger partial charge is 0.453 e. The predicted molar refractivity (Wildman–Crippen MR) is 117 cm³/mol. The Balaban J connectivity index is 1.41. The Morgan fingerprint density at radius 1 is 1.13 bits per heavy atom. The van der Waals surface area contributed by atoms with Crippen LogP contribution in [0.15, 0.2) is 17.0 Å². The second kappa shape index (κ2) is 9.49. The van der Waals surface area contributed by atoms with Gasteiger partial charge in [0.2, 0.25) is 0 Å². The van der Waals surface area contributed by atoms with Crippen LogP contribution in [0.2, 0.25) is 0 Å². The predicted octanol–water partition coefficient (Wildman–Crippen LogP) is 0.924. The van der Waals surface area contributed by atoms with Gasteiger partial charge in [-0.2, -0.15) is 0 Å². The highest BCUT2D eigenvalue weighted by Crippen LogP contribution is 2.23. The van der Waals surface area contributed by atoms with E-state index in [0.717, 1.165) is 47.9 Å². The van der Waals surface area contributed by atoms with Crippen molar-refractivity contribution in [2.24, 2.45) is 0 Å². The number of nitrogens with zero attached hydrogens (tertiary/aromatic N) is 6. The van der Waals surface area contributed by atoms with E-state index in [4.69, 9.17) is 14.5 Å². The van der Waals surface area contributed by atoms with E-state index >= 15 is 0 Å². The van der Waals surface area contributed by atoms with Gasteiger partial charge in [0.15, 0.2) is 17.6 Å². The number of ether oxygens (including phenoxy) is 2. The number of rotatable bonds is 5. The summed E-state index contributed by atoms with van der Waals surface area (Å²) in [5.41, 5.74) is 1.80. The fourth-order valence-corrected chi connectivity index (χ4v) is 4.37. The fraction of sp³-hybridized carbons (Fsp3) is 0.600. The lowest BCUT2D eigenvalue weighted by Gasteiger charge is -2.35. The number of morpholine rings is 1. The van der Waals surface area contributed by atoms with Crippen molar-refractivity contribution >= 4 is 39.3 Å². The minimum atomic E-state index is -0.743. The van der Waals surface area contributed by atoms with Crippen LogP contribution >= 0.6 is 15.9 Å². The molecule has 2 aromatic rings. The van der Waals surface area contributed by atoms with Crippen LogP contribution in [0.4, 0.5) is 5.82 Å². The molecule has 168 valence electrons. The first-order valence-corrected chi connectivity index (χ1v) is 11.2. The van der Waals surface area contributed by atoms with E-state index in [0.29, 0.717) is 32.8 Å². The Hall–Kier alpha value is -2.24. The maximum Gasteiger partial charge on any atom is 0.303 e. The van der Waals surface area contributed by atoms with Gasteiger partial charge in [0.25, 0.3) is 5.91 Å². The van der Waals surface area contributed by atoms with Gasteiger partial charge in [0.1, 0.15) is 4.60 Å².